The van der Waals surface area contributed by atoms with Crippen LogP contribution in [0.15, 0.2) is 43.0 Å². The molecule has 1 aromatic rings. The molecule has 0 saturated carbocycles. The van der Waals surface area contributed by atoms with Gasteiger partial charge in [-0.15, -0.1) is 0 Å². The maximum atomic E-state index is 3.80. The highest BCUT2D eigenvalue weighted by Crippen LogP contribution is 2.19. The molecule has 1 saturated heterocycles. The van der Waals surface area contributed by atoms with Crippen molar-refractivity contribution < 1.29 is 4.90 Å². The van der Waals surface area contributed by atoms with E-state index in [4.69, 9.17) is 0 Å². The first-order chi connectivity index (χ1) is 6.90. The standard InChI is InChI=1S/C13H17N/c1-2-9-14-10-8-13(11-14)12-6-4-3-5-7-12/h2-7,13H,1,8-11H2/p+1/t13-/m1/s1. The molecule has 1 N–H and O–H groups in total. The summed E-state index contributed by atoms with van der Waals surface area (Å²) in [6, 6.07) is 10.9. The minimum atomic E-state index is 0.770. The van der Waals surface area contributed by atoms with Gasteiger partial charge in [-0.2, -0.15) is 0 Å². The van der Waals surface area contributed by atoms with Crippen LogP contribution in [0.25, 0.3) is 0 Å². The van der Waals surface area contributed by atoms with Crippen molar-refractivity contribution in [2.24, 2.45) is 0 Å². The maximum absolute atomic E-state index is 3.80. The third-order valence-electron chi connectivity index (χ3n) is 3.09. The Kier molecular flexibility index (Phi) is 3.00. The summed E-state index contributed by atoms with van der Waals surface area (Å²) in [4.78, 5) is 1.67. The third-order valence-corrected chi connectivity index (χ3v) is 3.09. The van der Waals surface area contributed by atoms with Gasteiger partial charge in [-0.3, -0.25) is 0 Å². The largest absolute Gasteiger partial charge is 0.331 e. The van der Waals surface area contributed by atoms with E-state index >= 15 is 0 Å². The van der Waals surface area contributed by atoms with Gasteiger partial charge in [-0.05, 0) is 11.6 Å². The molecule has 2 atom stereocenters. The van der Waals surface area contributed by atoms with E-state index in [0.29, 0.717) is 0 Å². The molecule has 0 amide bonds. The van der Waals surface area contributed by atoms with Crippen LogP contribution in [-0.2, 0) is 0 Å². The summed E-state index contributed by atoms with van der Waals surface area (Å²) in [7, 11) is 0. The molecule has 0 aliphatic carbocycles. The zero-order valence-corrected chi connectivity index (χ0v) is 8.58. The second-order valence-electron chi connectivity index (χ2n) is 4.09. The van der Waals surface area contributed by atoms with Crippen LogP contribution in [-0.4, -0.2) is 19.6 Å². The van der Waals surface area contributed by atoms with Crippen molar-refractivity contribution in [2.75, 3.05) is 19.6 Å². The van der Waals surface area contributed by atoms with Gasteiger partial charge in [0.25, 0.3) is 0 Å². The smallest absolute Gasteiger partial charge is 0.0955 e. The molecule has 0 bridgehead atoms. The van der Waals surface area contributed by atoms with Gasteiger partial charge in [-0.25, -0.2) is 0 Å². The van der Waals surface area contributed by atoms with Gasteiger partial charge in [-0.1, -0.05) is 36.9 Å². The molecule has 1 aliphatic heterocycles. The molecule has 1 heterocycles. The number of likely N-dealkylation sites (tertiary alicyclic amines) is 1. The quantitative estimate of drug-likeness (QED) is 0.681. The molecule has 14 heavy (non-hydrogen) atoms. The second-order valence-corrected chi connectivity index (χ2v) is 4.09. The fourth-order valence-corrected chi connectivity index (χ4v) is 2.33. The Labute approximate surface area is 86.1 Å². The summed E-state index contributed by atoms with van der Waals surface area (Å²) >= 11 is 0. The van der Waals surface area contributed by atoms with Crippen molar-refractivity contribution in [3.8, 4) is 0 Å². The van der Waals surface area contributed by atoms with Crippen molar-refractivity contribution in [2.45, 2.75) is 12.3 Å². The number of hydrogen-bond acceptors (Lipinski definition) is 0. The van der Waals surface area contributed by atoms with Crippen LogP contribution < -0.4 is 4.90 Å². The molecule has 1 aliphatic rings. The molecule has 0 radical (unpaired) electrons. The van der Waals surface area contributed by atoms with Crippen LogP contribution in [0.2, 0.25) is 0 Å². The highest BCUT2D eigenvalue weighted by molar-refractivity contribution is 5.19. The van der Waals surface area contributed by atoms with E-state index in [0.717, 1.165) is 12.5 Å². The summed E-state index contributed by atoms with van der Waals surface area (Å²) in [5.74, 6) is 0.770. The average molecular weight is 188 g/mol. The van der Waals surface area contributed by atoms with Crippen LogP contribution in [0.3, 0.4) is 0 Å². The normalized spacial score (nSPS) is 26.3. The van der Waals surface area contributed by atoms with Crippen molar-refractivity contribution in [1.82, 2.24) is 0 Å². The molecule has 0 aromatic heterocycles. The summed E-state index contributed by atoms with van der Waals surface area (Å²) in [6.07, 6.45) is 3.36. The number of benzene rings is 1. The fraction of sp³-hybridized carbons (Fsp3) is 0.385. The lowest BCUT2D eigenvalue weighted by Crippen LogP contribution is -3.09. The Morgan fingerprint density at radius 1 is 1.36 bits per heavy atom. The third kappa shape index (κ3) is 2.05. The first kappa shape index (κ1) is 9.47. The second kappa shape index (κ2) is 4.43. The summed E-state index contributed by atoms with van der Waals surface area (Å²) in [5.41, 5.74) is 1.51. The summed E-state index contributed by atoms with van der Waals surface area (Å²) < 4.78 is 0. The Balaban J connectivity index is 1.99. The first-order valence-corrected chi connectivity index (χ1v) is 5.39. The molecule has 1 unspecified atom stereocenters. The van der Waals surface area contributed by atoms with Crippen LogP contribution >= 0.6 is 0 Å². The average Bonchev–Trinajstić information content (AvgIpc) is 2.68. The summed E-state index contributed by atoms with van der Waals surface area (Å²) in [5, 5.41) is 0. The molecule has 0 spiro atoms. The zero-order valence-electron chi connectivity index (χ0n) is 8.58. The van der Waals surface area contributed by atoms with Gasteiger partial charge in [0.05, 0.1) is 19.6 Å². The topological polar surface area (TPSA) is 4.44 Å². The van der Waals surface area contributed by atoms with E-state index in [-0.39, 0.29) is 0 Å². The lowest BCUT2D eigenvalue weighted by atomic mass is 9.99. The lowest BCUT2D eigenvalue weighted by molar-refractivity contribution is -0.881. The monoisotopic (exact) mass is 188 g/mol. The van der Waals surface area contributed by atoms with Crippen LogP contribution in [0.5, 0.6) is 0 Å². The first-order valence-electron chi connectivity index (χ1n) is 5.39. The van der Waals surface area contributed by atoms with Crippen LogP contribution in [0.4, 0.5) is 0 Å². The SMILES string of the molecule is C=CC[NH+]1CC[C@@H](c2ccccc2)C1. The number of nitrogens with one attached hydrogen (secondary N) is 1. The zero-order chi connectivity index (χ0) is 9.80. The molecule has 1 fully saturated rings. The number of hydrogen-bond donors (Lipinski definition) is 1. The minimum absolute atomic E-state index is 0.770. The molecule has 1 aromatic carbocycles. The van der Waals surface area contributed by atoms with Crippen LogP contribution in [0, 0.1) is 0 Å². The van der Waals surface area contributed by atoms with E-state index in [1.807, 2.05) is 6.08 Å². The van der Waals surface area contributed by atoms with Crippen molar-refractivity contribution >= 4 is 0 Å². The number of quaternary nitrogens is 1. The van der Waals surface area contributed by atoms with Gasteiger partial charge < -0.3 is 4.90 Å². The van der Waals surface area contributed by atoms with E-state index in [1.54, 1.807) is 4.90 Å². The van der Waals surface area contributed by atoms with E-state index in [1.165, 1.54) is 25.1 Å². The van der Waals surface area contributed by atoms with Crippen molar-refractivity contribution in [3.05, 3.63) is 48.6 Å². The molecular formula is C13H18N+. The maximum Gasteiger partial charge on any atom is 0.0955 e. The van der Waals surface area contributed by atoms with Gasteiger partial charge in [0.15, 0.2) is 0 Å². The van der Waals surface area contributed by atoms with E-state index in [9.17, 15) is 0 Å². The molecular weight excluding hydrogens is 170 g/mol. The Morgan fingerprint density at radius 3 is 2.86 bits per heavy atom. The van der Waals surface area contributed by atoms with Gasteiger partial charge in [0, 0.05) is 12.3 Å². The molecule has 1 nitrogen and oxygen atoms in total. The van der Waals surface area contributed by atoms with Gasteiger partial charge in [0.1, 0.15) is 0 Å². The Morgan fingerprint density at radius 2 is 2.14 bits per heavy atom. The minimum Gasteiger partial charge on any atom is -0.331 e. The summed E-state index contributed by atoms with van der Waals surface area (Å²) in [6.45, 7) is 7.49. The van der Waals surface area contributed by atoms with E-state index < -0.39 is 0 Å². The molecule has 2 rings (SSSR count). The van der Waals surface area contributed by atoms with Gasteiger partial charge in [0.2, 0.25) is 0 Å². The fourth-order valence-electron chi connectivity index (χ4n) is 2.33. The highest BCUT2D eigenvalue weighted by Gasteiger charge is 2.25. The van der Waals surface area contributed by atoms with Gasteiger partial charge >= 0.3 is 0 Å². The molecule has 1 heteroatoms. The van der Waals surface area contributed by atoms with Crippen LogP contribution in [0.1, 0.15) is 17.9 Å². The molecule has 74 valence electrons. The van der Waals surface area contributed by atoms with Crippen molar-refractivity contribution in [3.63, 3.8) is 0 Å². The highest BCUT2D eigenvalue weighted by atomic mass is 15.1. The number of rotatable bonds is 3. The van der Waals surface area contributed by atoms with Crippen molar-refractivity contribution in [1.29, 1.82) is 0 Å². The van der Waals surface area contributed by atoms with E-state index in [2.05, 4.69) is 36.9 Å². The predicted octanol–water partition coefficient (Wildman–Crippen LogP) is 1.24. The Hall–Kier alpha value is -1.08. The lowest BCUT2D eigenvalue weighted by Gasteiger charge is -2.10. The predicted molar refractivity (Wildman–Crippen MR) is 59.6 cm³/mol. The Bertz CT molecular complexity index is 291.